The van der Waals surface area contributed by atoms with Crippen LogP contribution >= 0.6 is 0 Å². The molecule has 0 aromatic heterocycles. The molecular formula is C13H19NO5S. The van der Waals surface area contributed by atoms with E-state index in [1.165, 1.54) is 12.1 Å². The minimum Gasteiger partial charge on any atom is -0.375 e. The SMILES string of the molecule is CCCCCCc1ccc(OS(C)(=O)=O)c([N+](=O)[O-])c1. The molecule has 1 rings (SSSR count). The number of unbranched alkanes of at least 4 members (excludes halogenated alkanes) is 3. The van der Waals surface area contributed by atoms with E-state index in [4.69, 9.17) is 0 Å². The van der Waals surface area contributed by atoms with Crippen molar-refractivity contribution >= 4 is 15.8 Å². The Kier molecular flexibility index (Phi) is 5.94. The van der Waals surface area contributed by atoms with Crippen LogP contribution in [-0.4, -0.2) is 19.6 Å². The van der Waals surface area contributed by atoms with Gasteiger partial charge in [-0.3, -0.25) is 10.1 Å². The van der Waals surface area contributed by atoms with E-state index >= 15 is 0 Å². The highest BCUT2D eigenvalue weighted by molar-refractivity contribution is 7.86. The Hall–Kier alpha value is -1.63. The van der Waals surface area contributed by atoms with Crippen molar-refractivity contribution in [3.05, 3.63) is 33.9 Å². The summed E-state index contributed by atoms with van der Waals surface area (Å²) >= 11 is 0. The lowest BCUT2D eigenvalue weighted by molar-refractivity contribution is -0.385. The first-order valence-corrected chi connectivity index (χ1v) is 8.32. The Morgan fingerprint density at radius 1 is 1.25 bits per heavy atom. The third kappa shape index (κ3) is 5.56. The summed E-state index contributed by atoms with van der Waals surface area (Å²) in [4.78, 5) is 10.3. The fourth-order valence-electron chi connectivity index (χ4n) is 1.85. The molecule has 0 unspecified atom stereocenters. The smallest absolute Gasteiger partial charge is 0.312 e. The van der Waals surface area contributed by atoms with E-state index in [9.17, 15) is 18.5 Å². The van der Waals surface area contributed by atoms with Crippen LogP contribution in [0.1, 0.15) is 38.2 Å². The number of hydrogen-bond acceptors (Lipinski definition) is 5. The molecule has 0 aliphatic carbocycles. The highest BCUT2D eigenvalue weighted by atomic mass is 32.2. The van der Waals surface area contributed by atoms with Crippen molar-refractivity contribution in [2.75, 3.05) is 6.26 Å². The van der Waals surface area contributed by atoms with Crippen LogP contribution in [0.25, 0.3) is 0 Å². The van der Waals surface area contributed by atoms with Crippen molar-refractivity contribution in [2.24, 2.45) is 0 Å². The van der Waals surface area contributed by atoms with Gasteiger partial charge in [-0.25, -0.2) is 0 Å². The van der Waals surface area contributed by atoms with Gasteiger partial charge >= 0.3 is 15.8 Å². The second kappa shape index (κ2) is 7.23. The van der Waals surface area contributed by atoms with Crippen molar-refractivity contribution in [2.45, 2.75) is 39.0 Å². The summed E-state index contributed by atoms with van der Waals surface area (Å²) in [5, 5.41) is 11.0. The lowest BCUT2D eigenvalue weighted by Gasteiger charge is -2.06. The molecule has 0 fully saturated rings. The van der Waals surface area contributed by atoms with Crippen molar-refractivity contribution in [1.82, 2.24) is 0 Å². The Balaban J connectivity index is 2.87. The fourth-order valence-corrected chi connectivity index (χ4v) is 2.32. The fraction of sp³-hybridized carbons (Fsp3) is 0.538. The molecule has 112 valence electrons. The molecule has 0 heterocycles. The predicted molar refractivity (Wildman–Crippen MR) is 76.4 cm³/mol. The Labute approximate surface area is 119 Å². The molecular weight excluding hydrogens is 282 g/mol. The summed E-state index contributed by atoms with van der Waals surface area (Å²) < 4.78 is 26.7. The largest absolute Gasteiger partial charge is 0.375 e. The monoisotopic (exact) mass is 301 g/mol. The molecule has 0 saturated carbocycles. The minimum absolute atomic E-state index is 0.241. The van der Waals surface area contributed by atoms with Crippen LogP contribution in [0.3, 0.4) is 0 Å². The summed E-state index contributed by atoms with van der Waals surface area (Å²) in [5.74, 6) is -0.241. The molecule has 0 aliphatic heterocycles. The second-order valence-electron chi connectivity index (χ2n) is 4.66. The van der Waals surface area contributed by atoms with Crippen molar-refractivity contribution in [3.8, 4) is 5.75 Å². The first-order chi connectivity index (χ1) is 9.33. The van der Waals surface area contributed by atoms with E-state index in [0.29, 0.717) is 0 Å². The zero-order chi connectivity index (χ0) is 15.2. The number of aryl methyl sites for hydroxylation is 1. The number of benzene rings is 1. The first-order valence-electron chi connectivity index (χ1n) is 6.50. The molecule has 6 nitrogen and oxygen atoms in total. The van der Waals surface area contributed by atoms with E-state index < -0.39 is 15.0 Å². The lowest BCUT2D eigenvalue weighted by Crippen LogP contribution is -2.07. The molecule has 0 N–H and O–H groups in total. The van der Waals surface area contributed by atoms with Gasteiger partial charge in [-0.1, -0.05) is 32.3 Å². The van der Waals surface area contributed by atoms with Gasteiger partial charge in [0.15, 0.2) is 0 Å². The van der Waals surface area contributed by atoms with Crippen molar-refractivity contribution in [3.63, 3.8) is 0 Å². The molecule has 0 radical (unpaired) electrons. The molecule has 7 heteroatoms. The minimum atomic E-state index is -3.77. The van der Waals surface area contributed by atoms with E-state index in [1.807, 2.05) is 0 Å². The highest BCUT2D eigenvalue weighted by Crippen LogP contribution is 2.29. The molecule has 20 heavy (non-hydrogen) atoms. The maximum absolute atomic E-state index is 11.1. The summed E-state index contributed by atoms with van der Waals surface area (Å²) in [6, 6.07) is 4.39. The van der Waals surface area contributed by atoms with Crippen LogP contribution in [0.15, 0.2) is 18.2 Å². The maximum Gasteiger partial charge on any atom is 0.312 e. The summed E-state index contributed by atoms with van der Waals surface area (Å²) in [5.41, 5.74) is 0.497. The molecule has 0 bridgehead atoms. The van der Waals surface area contributed by atoms with E-state index in [0.717, 1.165) is 43.9 Å². The van der Waals surface area contributed by atoms with Gasteiger partial charge in [-0.15, -0.1) is 0 Å². The van der Waals surface area contributed by atoms with Gasteiger partial charge in [0.1, 0.15) is 0 Å². The maximum atomic E-state index is 11.1. The zero-order valence-corrected chi connectivity index (χ0v) is 12.5. The van der Waals surface area contributed by atoms with Crippen molar-refractivity contribution in [1.29, 1.82) is 0 Å². The molecule has 0 saturated heterocycles. The highest BCUT2D eigenvalue weighted by Gasteiger charge is 2.19. The van der Waals surface area contributed by atoms with E-state index in [2.05, 4.69) is 11.1 Å². The molecule has 0 aliphatic rings. The molecule has 0 atom stereocenters. The summed E-state index contributed by atoms with van der Waals surface area (Å²) in [6.07, 6.45) is 5.89. The first kappa shape index (κ1) is 16.4. The van der Waals surface area contributed by atoms with Crippen LogP contribution in [0.4, 0.5) is 5.69 Å². The second-order valence-corrected chi connectivity index (χ2v) is 6.23. The number of nitro groups is 1. The third-order valence-corrected chi connectivity index (χ3v) is 3.26. The summed E-state index contributed by atoms with van der Waals surface area (Å²) in [7, 11) is -3.77. The molecule has 1 aromatic carbocycles. The number of rotatable bonds is 8. The number of hydrogen-bond donors (Lipinski definition) is 0. The van der Waals surface area contributed by atoms with Crippen LogP contribution in [-0.2, 0) is 16.5 Å². The standard InChI is InChI=1S/C13H19NO5S/c1-3-4-5-6-7-11-8-9-13(19-20(2,17)18)12(10-11)14(15)16/h8-10H,3-7H2,1-2H3. The molecule has 0 amide bonds. The number of nitrogens with zero attached hydrogens (tertiary/aromatic N) is 1. The third-order valence-electron chi connectivity index (χ3n) is 2.78. The quantitative estimate of drug-likeness (QED) is 0.319. The average molecular weight is 301 g/mol. The predicted octanol–water partition coefficient (Wildman–Crippen LogP) is 3.06. The average Bonchev–Trinajstić information content (AvgIpc) is 2.34. The van der Waals surface area contributed by atoms with Crippen LogP contribution < -0.4 is 4.18 Å². The van der Waals surface area contributed by atoms with Gasteiger partial charge in [0.2, 0.25) is 5.75 Å². The van der Waals surface area contributed by atoms with Gasteiger partial charge in [-0.05, 0) is 24.5 Å². The van der Waals surface area contributed by atoms with E-state index in [-0.39, 0.29) is 11.4 Å². The van der Waals surface area contributed by atoms with Gasteiger partial charge < -0.3 is 4.18 Å². The topological polar surface area (TPSA) is 86.5 Å². The van der Waals surface area contributed by atoms with Crippen molar-refractivity contribution < 1.29 is 17.5 Å². The molecule has 1 aromatic rings. The summed E-state index contributed by atoms with van der Waals surface area (Å²) in [6.45, 7) is 2.11. The van der Waals surface area contributed by atoms with Gasteiger partial charge in [0.25, 0.3) is 0 Å². The zero-order valence-electron chi connectivity index (χ0n) is 11.7. The van der Waals surface area contributed by atoms with Gasteiger partial charge in [0.05, 0.1) is 11.2 Å². The number of nitro benzene ring substituents is 1. The van der Waals surface area contributed by atoms with Crippen LogP contribution in [0, 0.1) is 10.1 Å². The normalized spacial score (nSPS) is 11.3. The van der Waals surface area contributed by atoms with Crippen LogP contribution in [0.2, 0.25) is 0 Å². The Morgan fingerprint density at radius 3 is 2.50 bits per heavy atom. The molecule has 0 spiro atoms. The van der Waals surface area contributed by atoms with Gasteiger partial charge in [-0.2, -0.15) is 8.42 Å². The van der Waals surface area contributed by atoms with Crippen LogP contribution in [0.5, 0.6) is 5.75 Å². The Morgan fingerprint density at radius 2 is 1.95 bits per heavy atom. The Bertz CT molecular complexity index is 568. The van der Waals surface area contributed by atoms with E-state index in [1.54, 1.807) is 6.07 Å². The van der Waals surface area contributed by atoms with Gasteiger partial charge in [0, 0.05) is 6.07 Å². The lowest BCUT2D eigenvalue weighted by atomic mass is 10.1.